The Balaban J connectivity index is 2.73. The normalized spacial score (nSPS) is 11.3. The molecule has 0 fully saturated rings. The van der Waals surface area contributed by atoms with E-state index < -0.39 is 34.9 Å². The quantitative estimate of drug-likeness (QED) is 0.848. The zero-order chi connectivity index (χ0) is 17.4. The molecular weight excluding hydrogens is 313 g/mol. The molecule has 120 valence electrons. The van der Waals surface area contributed by atoms with Gasteiger partial charge in [0, 0.05) is 0 Å². The van der Waals surface area contributed by atoms with E-state index in [0.29, 0.717) is 0 Å². The zero-order valence-corrected chi connectivity index (χ0v) is 11.8. The van der Waals surface area contributed by atoms with Gasteiger partial charge in [-0.25, -0.2) is 4.98 Å². The van der Waals surface area contributed by atoms with Crippen molar-refractivity contribution in [3.8, 4) is 5.75 Å². The monoisotopic (exact) mass is 324 g/mol. The molecule has 0 radical (unpaired) electrons. The molecule has 2 rings (SSSR count). The topological polar surface area (TPSA) is 93.3 Å². The minimum Gasteiger partial charge on any atom is -0.507 e. The molecule has 0 aliphatic heterocycles. The zero-order valence-electron chi connectivity index (χ0n) is 11.8. The van der Waals surface area contributed by atoms with E-state index in [2.05, 4.69) is 4.98 Å². The van der Waals surface area contributed by atoms with E-state index in [1.165, 1.54) is 25.1 Å². The van der Waals surface area contributed by atoms with Crippen LogP contribution in [0.5, 0.6) is 5.75 Å². The molecule has 0 atom stereocenters. The molecule has 2 aromatic rings. The fourth-order valence-corrected chi connectivity index (χ4v) is 2.05. The lowest BCUT2D eigenvalue weighted by atomic mass is 9.98. The van der Waals surface area contributed by atoms with Gasteiger partial charge >= 0.3 is 6.18 Å². The van der Waals surface area contributed by atoms with Crippen LogP contribution in [0.2, 0.25) is 0 Å². The van der Waals surface area contributed by atoms with E-state index in [4.69, 9.17) is 5.73 Å². The summed E-state index contributed by atoms with van der Waals surface area (Å²) in [5.41, 5.74) is 1.94. The van der Waals surface area contributed by atoms with E-state index in [1.807, 2.05) is 0 Å². The summed E-state index contributed by atoms with van der Waals surface area (Å²) in [6.07, 6.45) is -4.91. The van der Waals surface area contributed by atoms with E-state index >= 15 is 0 Å². The Morgan fingerprint density at radius 1 is 1.13 bits per heavy atom. The number of alkyl halides is 3. The summed E-state index contributed by atoms with van der Waals surface area (Å²) in [6.45, 7) is 1.18. The number of halogens is 3. The van der Waals surface area contributed by atoms with Crippen molar-refractivity contribution in [1.29, 1.82) is 0 Å². The van der Waals surface area contributed by atoms with Crippen LogP contribution >= 0.6 is 0 Å². The number of rotatable bonds is 3. The molecule has 0 aliphatic carbocycles. The summed E-state index contributed by atoms with van der Waals surface area (Å²) in [5, 5.41) is 9.65. The van der Waals surface area contributed by atoms with Gasteiger partial charge in [-0.2, -0.15) is 13.2 Å². The molecule has 1 aromatic carbocycles. The van der Waals surface area contributed by atoms with Gasteiger partial charge in [0.2, 0.25) is 0 Å². The number of nitrogens with two attached hydrogens (primary N) is 1. The third kappa shape index (κ3) is 3.15. The Morgan fingerprint density at radius 3 is 2.26 bits per heavy atom. The van der Waals surface area contributed by atoms with Crippen LogP contribution in [0.3, 0.4) is 0 Å². The highest BCUT2D eigenvalue weighted by Gasteiger charge is 2.38. The summed E-state index contributed by atoms with van der Waals surface area (Å²) < 4.78 is 39.4. The smallest absolute Gasteiger partial charge is 0.434 e. The van der Waals surface area contributed by atoms with E-state index in [1.54, 1.807) is 0 Å². The second-order valence-electron chi connectivity index (χ2n) is 4.73. The van der Waals surface area contributed by atoms with Crippen LogP contribution in [0, 0.1) is 6.92 Å². The fourth-order valence-electron chi connectivity index (χ4n) is 2.05. The van der Waals surface area contributed by atoms with Crippen molar-refractivity contribution in [3.05, 3.63) is 58.4 Å². The van der Waals surface area contributed by atoms with Gasteiger partial charge in [0.25, 0.3) is 5.91 Å². The highest BCUT2D eigenvalue weighted by molar-refractivity contribution is 6.12. The summed E-state index contributed by atoms with van der Waals surface area (Å²) >= 11 is 0. The molecule has 0 saturated carbocycles. The average molecular weight is 324 g/mol. The molecular formula is C15H11F3N2O3. The minimum absolute atomic E-state index is 0.237. The van der Waals surface area contributed by atoms with Gasteiger partial charge in [-0.05, 0) is 25.1 Å². The van der Waals surface area contributed by atoms with Crippen LogP contribution < -0.4 is 5.73 Å². The number of hydrogen-bond acceptors (Lipinski definition) is 4. The Morgan fingerprint density at radius 2 is 1.74 bits per heavy atom. The van der Waals surface area contributed by atoms with Gasteiger partial charge in [-0.15, -0.1) is 0 Å². The first-order chi connectivity index (χ1) is 10.6. The maximum Gasteiger partial charge on any atom is 0.434 e. The molecule has 0 unspecified atom stereocenters. The largest absolute Gasteiger partial charge is 0.507 e. The van der Waals surface area contributed by atoms with Gasteiger partial charge in [0.05, 0.1) is 22.4 Å². The number of carbonyl (C=O) groups excluding carboxylic acids is 2. The Kier molecular flexibility index (Phi) is 4.09. The van der Waals surface area contributed by atoms with Crippen molar-refractivity contribution in [2.75, 3.05) is 0 Å². The molecule has 23 heavy (non-hydrogen) atoms. The number of aromatic nitrogens is 1. The first-order valence-electron chi connectivity index (χ1n) is 6.34. The van der Waals surface area contributed by atoms with Gasteiger partial charge in [0.15, 0.2) is 11.5 Å². The van der Waals surface area contributed by atoms with Gasteiger partial charge < -0.3 is 10.8 Å². The summed E-state index contributed by atoms with van der Waals surface area (Å²) in [7, 11) is 0. The lowest BCUT2D eigenvalue weighted by Gasteiger charge is -2.14. The highest BCUT2D eigenvalue weighted by Crippen LogP contribution is 2.33. The van der Waals surface area contributed by atoms with Crippen LogP contribution in [-0.4, -0.2) is 21.8 Å². The Hall–Kier alpha value is -2.90. The number of amides is 1. The second kappa shape index (κ2) is 5.71. The van der Waals surface area contributed by atoms with Crippen LogP contribution in [0.1, 0.15) is 37.7 Å². The number of phenolic OH excluding ortho intramolecular Hbond substituents is 1. The Labute approximate surface area is 128 Å². The average Bonchev–Trinajstić information content (AvgIpc) is 2.45. The molecule has 8 heteroatoms. The maximum absolute atomic E-state index is 13.1. The number of aromatic hydroxyl groups is 1. The fraction of sp³-hybridized carbons (Fsp3) is 0.133. The number of ketones is 1. The maximum atomic E-state index is 13.1. The summed E-state index contributed by atoms with van der Waals surface area (Å²) in [5.74, 6) is -2.59. The van der Waals surface area contributed by atoms with Crippen molar-refractivity contribution < 1.29 is 27.9 Å². The van der Waals surface area contributed by atoms with Crippen molar-refractivity contribution in [2.45, 2.75) is 13.1 Å². The number of carbonyl (C=O) groups is 2. The minimum atomic E-state index is -4.91. The molecule has 0 aliphatic rings. The first-order valence-corrected chi connectivity index (χ1v) is 6.34. The lowest BCUT2D eigenvalue weighted by molar-refractivity contribution is -0.141. The van der Waals surface area contributed by atoms with Crippen molar-refractivity contribution in [2.24, 2.45) is 5.73 Å². The predicted molar refractivity (Wildman–Crippen MR) is 74.0 cm³/mol. The van der Waals surface area contributed by atoms with E-state index in [0.717, 1.165) is 12.1 Å². The molecule has 5 nitrogen and oxygen atoms in total. The number of primary amides is 1. The molecule has 0 bridgehead atoms. The van der Waals surface area contributed by atoms with Crippen LogP contribution in [0.4, 0.5) is 13.2 Å². The van der Waals surface area contributed by atoms with Crippen LogP contribution in [0.25, 0.3) is 0 Å². The lowest BCUT2D eigenvalue weighted by Crippen LogP contribution is -2.21. The predicted octanol–water partition coefficient (Wildman–Crippen LogP) is 2.44. The number of pyridine rings is 1. The van der Waals surface area contributed by atoms with Gasteiger partial charge in [0.1, 0.15) is 5.75 Å². The molecule has 0 saturated heterocycles. The molecule has 1 heterocycles. The number of hydrogen-bond donors (Lipinski definition) is 2. The van der Waals surface area contributed by atoms with Crippen molar-refractivity contribution in [1.82, 2.24) is 4.98 Å². The summed E-state index contributed by atoms with van der Waals surface area (Å²) in [6, 6.07) is 5.89. The standard InChI is InChI=1S/C15H11F3N2O3/c1-7-9(14(19)23)6-10(13(20-7)15(16,17)18)12(22)8-4-2-3-5-11(8)21/h2-6,21H,1H3,(H2,19,23). The highest BCUT2D eigenvalue weighted by atomic mass is 19.4. The van der Waals surface area contributed by atoms with Crippen LogP contribution in [-0.2, 0) is 6.18 Å². The van der Waals surface area contributed by atoms with Crippen molar-refractivity contribution >= 4 is 11.7 Å². The number of phenols is 1. The van der Waals surface area contributed by atoms with Crippen molar-refractivity contribution in [3.63, 3.8) is 0 Å². The van der Waals surface area contributed by atoms with Gasteiger partial charge in [-0.1, -0.05) is 12.1 Å². The SMILES string of the molecule is Cc1nc(C(F)(F)F)c(C(=O)c2ccccc2O)cc1C(N)=O. The second-order valence-corrected chi connectivity index (χ2v) is 4.73. The number of para-hydroxylation sites is 1. The summed E-state index contributed by atoms with van der Waals surface area (Å²) in [4.78, 5) is 27.0. The molecule has 1 aromatic heterocycles. The first kappa shape index (κ1) is 16.5. The third-order valence-corrected chi connectivity index (χ3v) is 3.14. The number of nitrogens with zero attached hydrogens (tertiary/aromatic N) is 1. The number of benzene rings is 1. The van der Waals surface area contributed by atoms with Gasteiger partial charge in [-0.3, -0.25) is 9.59 Å². The number of aryl methyl sites for hydroxylation is 1. The molecule has 3 N–H and O–H groups in total. The van der Waals surface area contributed by atoms with Crippen LogP contribution in [0.15, 0.2) is 30.3 Å². The van der Waals surface area contributed by atoms with E-state index in [9.17, 15) is 27.9 Å². The molecule has 1 amide bonds. The third-order valence-electron chi connectivity index (χ3n) is 3.14. The Bertz CT molecular complexity index is 801. The molecule has 0 spiro atoms. The van der Waals surface area contributed by atoms with E-state index in [-0.39, 0.29) is 16.8 Å².